The largest absolute Gasteiger partial charge is 0.478 e. The Morgan fingerprint density at radius 3 is 1.57 bits per heavy atom. The molecule has 0 unspecified atom stereocenters. The number of hydrogen-bond donors (Lipinski definition) is 3. The number of ether oxygens (including phenoxy) is 1. The van der Waals surface area contributed by atoms with Gasteiger partial charge in [0.1, 0.15) is 27.3 Å². The molecule has 344 valence electrons. The molecule has 0 bridgehead atoms. The van der Waals surface area contributed by atoms with Crippen molar-refractivity contribution in [3.63, 3.8) is 0 Å². The van der Waals surface area contributed by atoms with E-state index in [2.05, 4.69) is 25.5 Å². The fourth-order valence-corrected chi connectivity index (χ4v) is 8.37. The third kappa shape index (κ3) is 13.5. The second-order valence-electron chi connectivity index (χ2n) is 14.2. The topological polar surface area (TPSA) is 246 Å². The number of pyridine rings is 2. The van der Waals surface area contributed by atoms with Crippen molar-refractivity contribution < 1.29 is 54.9 Å². The van der Waals surface area contributed by atoms with Gasteiger partial charge in [0.2, 0.25) is 19.7 Å². The van der Waals surface area contributed by atoms with E-state index in [0.717, 1.165) is 15.4 Å². The molecule has 0 saturated heterocycles. The lowest BCUT2D eigenvalue weighted by Gasteiger charge is -2.24. The lowest BCUT2D eigenvalue weighted by atomic mass is 10.2. The molecule has 1 amide bonds. The summed E-state index contributed by atoms with van der Waals surface area (Å²) in [5, 5.41) is 26.3. The van der Waals surface area contributed by atoms with E-state index in [4.69, 9.17) is 38.2 Å². The van der Waals surface area contributed by atoms with E-state index < -0.39 is 54.9 Å². The first-order valence-corrected chi connectivity index (χ1v) is 22.3. The van der Waals surface area contributed by atoms with E-state index >= 15 is 0 Å². The number of nitrogens with zero attached hydrogens (tertiary/aromatic N) is 7. The Bertz CT molecular complexity index is 2900. The molecule has 0 fully saturated rings. The molecule has 0 radical (unpaired) electrons. The van der Waals surface area contributed by atoms with Crippen LogP contribution in [0.3, 0.4) is 0 Å². The first-order valence-electron chi connectivity index (χ1n) is 18.6. The van der Waals surface area contributed by atoms with Crippen molar-refractivity contribution in [3.05, 3.63) is 143 Å². The molecular formula is C41H40Cl2F2N8O10S2. The SMILES string of the molecule is CN(Cc1cc(S(=O)(=O)c2cccnc2)n(-c2cccc(F)c2Cl)n1)C(=O)OC(C)(C)C.CNCc1cc(S(=O)(=O)c2cccnc2)n(-c2cccc(F)c2Cl)n1.O=C(O)/C=C/C(=O)O. The fourth-order valence-electron chi connectivity index (χ4n) is 5.25. The van der Waals surface area contributed by atoms with Crippen molar-refractivity contribution in [2.24, 2.45) is 0 Å². The summed E-state index contributed by atoms with van der Waals surface area (Å²) < 4.78 is 88.0. The molecule has 4 heterocycles. The number of halogens is 4. The van der Waals surface area contributed by atoms with E-state index in [0.29, 0.717) is 24.4 Å². The average molecular weight is 978 g/mol. The molecule has 0 aliphatic heterocycles. The molecule has 6 aromatic rings. The number of hydrogen-bond acceptors (Lipinski definition) is 13. The third-order valence-electron chi connectivity index (χ3n) is 8.04. The minimum atomic E-state index is -4.09. The maximum Gasteiger partial charge on any atom is 0.410 e. The van der Waals surface area contributed by atoms with E-state index in [1.54, 1.807) is 27.8 Å². The lowest BCUT2D eigenvalue weighted by molar-refractivity contribution is -0.134. The number of amides is 1. The highest BCUT2D eigenvalue weighted by Crippen LogP contribution is 2.31. The van der Waals surface area contributed by atoms with E-state index in [1.807, 2.05) is 0 Å². The standard InChI is InChI=1S/C21H22ClFN4O4S.C16H14ClFN4O2S.C4H4O4/c1-21(2,3)31-20(28)26(4)13-14-11-18(32(29,30)15-7-6-10-24-12-15)27(25-14)17-9-5-8-16(23)19(17)22;1-19-9-11-8-15(25(23,24)12-4-3-7-20-10-12)22(21-11)14-6-2-5-13(18)16(14)17;5-3(6)1-2-4(7)8/h5-12H,13H2,1-4H3;2-8,10,19H,9H2,1H3;1-2H,(H,5,6)(H,7,8)/b;;2-1+. The number of benzene rings is 2. The number of carbonyl (C=O) groups excluding carboxylic acids is 1. The lowest BCUT2D eigenvalue weighted by Crippen LogP contribution is -2.33. The Morgan fingerprint density at radius 2 is 1.18 bits per heavy atom. The first-order chi connectivity index (χ1) is 30.5. The van der Waals surface area contributed by atoms with E-state index in [9.17, 15) is 40.0 Å². The van der Waals surface area contributed by atoms with Crippen molar-refractivity contribution in [2.75, 3.05) is 14.1 Å². The summed E-state index contributed by atoms with van der Waals surface area (Å²) in [5.74, 6) is -3.90. The monoisotopic (exact) mass is 976 g/mol. The van der Waals surface area contributed by atoms with Crippen LogP contribution in [0.25, 0.3) is 11.4 Å². The second kappa shape index (κ2) is 21.9. The van der Waals surface area contributed by atoms with Crippen molar-refractivity contribution in [2.45, 2.75) is 59.3 Å². The molecule has 0 aliphatic carbocycles. The molecule has 4 aromatic heterocycles. The number of aliphatic carboxylic acids is 2. The van der Waals surface area contributed by atoms with Gasteiger partial charge in [-0.15, -0.1) is 0 Å². The number of nitrogens with one attached hydrogen (secondary N) is 1. The van der Waals surface area contributed by atoms with Gasteiger partial charge < -0.3 is 25.2 Å². The molecule has 2 aromatic carbocycles. The highest BCUT2D eigenvalue weighted by molar-refractivity contribution is 7.91. The molecule has 0 spiro atoms. The average Bonchev–Trinajstić information content (AvgIpc) is 3.88. The van der Waals surface area contributed by atoms with Crippen LogP contribution < -0.4 is 5.32 Å². The van der Waals surface area contributed by atoms with Gasteiger partial charge in [-0.1, -0.05) is 35.3 Å². The van der Waals surface area contributed by atoms with Crippen LogP contribution in [0.2, 0.25) is 10.0 Å². The minimum absolute atomic E-state index is 0.0136. The number of carboxylic acid groups (broad SMARTS) is 2. The van der Waals surface area contributed by atoms with Crippen LogP contribution in [0.1, 0.15) is 32.2 Å². The van der Waals surface area contributed by atoms with Gasteiger partial charge in [0, 0.05) is 62.7 Å². The van der Waals surface area contributed by atoms with Crippen LogP contribution in [-0.4, -0.2) is 99.2 Å². The Labute approximate surface area is 381 Å². The molecule has 0 saturated carbocycles. The summed E-state index contributed by atoms with van der Waals surface area (Å²) in [6.07, 6.45) is 5.88. The number of aromatic nitrogens is 6. The van der Waals surface area contributed by atoms with Crippen LogP contribution in [0.15, 0.2) is 130 Å². The summed E-state index contributed by atoms with van der Waals surface area (Å²) in [6, 6.07) is 16.7. The van der Waals surface area contributed by atoms with Crippen LogP contribution in [0.5, 0.6) is 0 Å². The molecule has 0 aliphatic rings. The van der Waals surface area contributed by atoms with Gasteiger partial charge >= 0.3 is 18.0 Å². The van der Waals surface area contributed by atoms with Gasteiger partial charge in [0.05, 0.1) is 39.1 Å². The zero-order chi connectivity index (χ0) is 48.3. The van der Waals surface area contributed by atoms with Crippen molar-refractivity contribution in [1.82, 2.24) is 39.7 Å². The number of carbonyl (C=O) groups is 3. The van der Waals surface area contributed by atoms with Crippen molar-refractivity contribution >= 4 is 60.9 Å². The highest BCUT2D eigenvalue weighted by atomic mass is 35.5. The molecule has 65 heavy (non-hydrogen) atoms. The maximum atomic E-state index is 14.1. The van der Waals surface area contributed by atoms with Gasteiger partial charge in [-0.2, -0.15) is 10.2 Å². The van der Waals surface area contributed by atoms with Gasteiger partial charge in [0.25, 0.3) is 0 Å². The smallest absolute Gasteiger partial charge is 0.410 e. The second-order valence-corrected chi connectivity index (χ2v) is 18.7. The van der Waals surface area contributed by atoms with Crippen LogP contribution in [0.4, 0.5) is 13.6 Å². The quantitative estimate of drug-likeness (QED) is 0.110. The van der Waals surface area contributed by atoms with Crippen LogP contribution in [0, 0.1) is 11.6 Å². The first kappa shape index (κ1) is 51.0. The normalized spacial score (nSPS) is 11.5. The van der Waals surface area contributed by atoms with Crippen LogP contribution in [-0.2, 0) is 47.1 Å². The van der Waals surface area contributed by atoms with Gasteiger partial charge in [0.15, 0.2) is 10.1 Å². The van der Waals surface area contributed by atoms with Crippen LogP contribution >= 0.6 is 23.2 Å². The molecule has 6 rings (SSSR count). The van der Waals surface area contributed by atoms with Gasteiger partial charge in [-0.05, 0) is 76.3 Å². The predicted octanol–water partition coefficient (Wildman–Crippen LogP) is 6.58. The summed E-state index contributed by atoms with van der Waals surface area (Å²) >= 11 is 12.1. The Balaban J connectivity index is 0.000000249. The number of sulfone groups is 2. The zero-order valence-corrected chi connectivity index (χ0v) is 38.1. The van der Waals surface area contributed by atoms with Crippen molar-refractivity contribution in [3.8, 4) is 11.4 Å². The van der Waals surface area contributed by atoms with E-state index in [-0.39, 0.29) is 53.5 Å². The third-order valence-corrected chi connectivity index (χ3v) is 12.2. The molecule has 0 atom stereocenters. The highest BCUT2D eigenvalue weighted by Gasteiger charge is 2.29. The predicted molar refractivity (Wildman–Crippen MR) is 231 cm³/mol. The minimum Gasteiger partial charge on any atom is -0.478 e. The molecule has 3 N–H and O–H groups in total. The van der Waals surface area contributed by atoms with E-state index in [1.165, 1.54) is 103 Å². The fraction of sp³-hybridized carbons (Fsp3) is 0.195. The maximum absolute atomic E-state index is 14.1. The van der Waals surface area contributed by atoms with Gasteiger partial charge in [-0.3, -0.25) is 9.97 Å². The molecule has 24 heteroatoms. The Kier molecular flexibility index (Phi) is 17.2. The van der Waals surface area contributed by atoms with Gasteiger partial charge in [-0.25, -0.2) is 49.4 Å². The Morgan fingerprint density at radius 1 is 0.754 bits per heavy atom. The summed E-state index contributed by atoms with van der Waals surface area (Å²) in [4.78, 5) is 40.3. The molecular weight excluding hydrogens is 938 g/mol. The summed E-state index contributed by atoms with van der Waals surface area (Å²) in [5.41, 5.74) is 0.201. The summed E-state index contributed by atoms with van der Waals surface area (Å²) in [7, 11) is -4.80. The van der Waals surface area contributed by atoms with Crippen molar-refractivity contribution in [1.29, 1.82) is 0 Å². The number of carboxylic acids is 2. The number of rotatable bonds is 12. The Hall–Kier alpha value is -6.59. The zero-order valence-electron chi connectivity index (χ0n) is 34.9. The molecule has 18 nitrogen and oxygen atoms in total. The summed E-state index contributed by atoms with van der Waals surface area (Å²) in [6.45, 7) is 5.49.